The van der Waals surface area contributed by atoms with Crippen molar-refractivity contribution < 1.29 is 27.4 Å². The maximum atomic E-state index is 14.0. The summed E-state index contributed by atoms with van der Waals surface area (Å²) in [4.78, 5) is 25.7. The second-order valence-corrected chi connectivity index (χ2v) is 11.8. The molecule has 200 valence electrons. The first kappa shape index (κ1) is 23.5. The monoisotopic (exact) mass is 533 g/mol. The van der Waals surface area contributed by atoms with Crippen molar-refractivity contribution in [2.45, 2.75) is 49.2 Å². The van der Waals surface area contributed by atoms with E-state index in [0.29, 0.717) is 32.8 Å². The molecule has 2 saturated carbocycles. The van der Waals surface area contributed by atoms with Crippen molar-refractivity contribution in [2.75, 3.05) is 19.8 Å². The van der Waals surface area contributed by atoms with Crippen LogP contribution in [0.3, 0.4) is 0 Å². The summed E-state index contributed by atoms with van der Waals surface area (Å²) in [5.41, 5.74) is 3.65. The highest BCUT2D eigenvalue weighted by molar-refractivity contribution is 5.95. The van der Waals surface area contributed by atoms with E-state index < -0.39 is 23.1 Å². The molecule has 2 heterocycles. The number of halogens is 3. The van der Waals surface area contributed by atoms with E-state index in [1.54, 1.807) is 29.7 Å². The van der Waals surface area contributed by atoms with Crippen molar-refractivity contribution in [3.8, 4) is 0 Å². The van der Waals surface area contributed by atoms with Crippen molar-refractivity contribution in [1.29, 1.82) is 0 Å². The molecule has 5 nitrogen and oxygen atoms in total. The zero-order valence-corrected chi connectivity index (χ0v) is 21.3. The summed E-state index contributed by atoms with van der Waals surface area (Å²) in [6, 6.07) is 13.5. The quantitative estimate of drug-likeness (QED) is 0.429. The number of esters is 1. The lowest BCUT2D eigenvalue weighted by Gasteiger charge is -2.39. The number of rotatable bonds is 5. The van der Waals surface area contributed by atoms with Gasteiger partial charge in [0.25, 0.3) is 5.56 Å². The molecule has 3 aromatic rings. The van der Waals surface area contributed by atoms with Crippen LogP contribution in [0.2, 0.25) is 0 Å². The van der Waals surface area contributed by atoms with Gasteiger partial charge in [-0.25, -0.2) is 0 Å². The maximum Gasteiger partial charge on any atom is 0.416 e. The van der Waals surface area contributed by atoms with E-state index in [1.807, 2.05) is 24.4 Å². The summed E-state index contributed by atoms with van der Waals surface area (Å²) >= 11 is 0. The van der Waals surface area contributed by atoms with E-state index in [-0.39, 0.29) is 40.3 Å². The van der Waals surface area contributed by atoms with Crippen LogP contribution in [0.1, 0.15) is 70.0 Å². The lowest BCUT2D eigenvalue weighted by atomic mass is 9.78. The van der Waals surface area contributed by atoms with Crippen LogP contribution in [0.5, 0.6) is 0 Å². The third kappa shape index (κ3) is 2.90. The number of fused-ring (bicyclic) bond motifs is 2. The molecular weight excluding hydrogens is 507 g/mol. The minimum Gasteiger partial charge on any atom is -0.466 e. The number of hydrogen-bond donors (Lipinski definition) is 0. The molecule has 2 aromatic carbocycles. The Bertz CT molecular complexity index is 1640. The number of pyridine rings is 1. The summed E-state index contributed by atoms with van der Waals surface area (Å²) in [6.07, 6.45) is -1.99. The minimum atomic E-state index is -4.44. The Hall–Kier alpha value is -3.39. The standard InChI is InChI=1S/C31H26F3NO4/c1-2-39-28(37)30-25-19-10-24(36)35(13-21(19)26(30)27(25)30)12-16-7-8-22-18(9-16)20(11-29(22)14-38-15-29)17-5-3-4-6-23(17)31(32,33)34/h3-10,13,20,25-27H,2,11-12,14-15H2,1H3/t20?,25?,26-,27+,30+/m0/s1. The fourth-order valence-electron chi connectivity index (χ4n) is 8.19. The fraction of sp³-hybridized carbons (Fsp3) is 0.419. The van der Waals surface area contributed by atoms with Gasteiger partial charge in [-0.2, -0.15) is 13.2 Å². The van der Waals surface area contributed by atoms with E-state index in [0.717, 1.165) is 33.9 Å². The second-order valence-electron chi connectivity index (χ2n) is 11.8. The van der Waals surface area contributed by atoms with Crippen molar-refractivity contribution in [3.63, 3.8) is 0 Å². The number of aromatic nitrogens is 1. The first-order valence-electron chi connectivity index (χ1n) is 13.5. The largest absolute Gasteiger partial charge is 0.466 e. The molecule has 9 rings (SSSR count). The van der Waals surface area contributed by atoms with Gasteiger partial charge in [-0.15, -0.1) is 0 Å². The van der Waals surface area contributed by atoms with Gasteiger partial charge in [0.15, 0.2) is 0 Å². The minimum absolute atomic E-state index is 0.106. The topological polar surface area (TPSA) is 57.5 Å². The SMILES string of the molecule is CCOC(=O)[C@]12C3c4cc(=O)n(Cc5ccc6c(c5)C(c5ccccc5C(F)(F)F)CC65COC5)cc4[C@H]1[C@@H]32. The van der Waals surface area contributed by atoms with E-state index in [9.17, 15) is 22.8 Å². The van der Waals surface area contributed by atoms with Crippen molar-refractivity contribution in [2.24, 2.45) is 11.3 Å². The Labute approximate surface area is 222 Å². The van der Waals surface area contributed by atoms with Gasteiger partial charge >= 0.3 is 12.1 Å². The predicted molar refractivity (Wildman–Crippen MR) is 135 cm³/mol. The Morgan fingerprint density at radius 1 is 1.05 bits per heavy atom. The zero-order chi connectivity index (χ0) is 26.9. The molecule has 3 fully saturated rings. The lowest BCUT2D eigenvalue weighted by molar-refractivity contribution is -0.147. The average Bonchev–Trinajstić information content (AvgIpc) is 3.59. The van der Waals surface area contributed by atoms with Gasteiger partial charge in [-0.3, -0.25) is 9.59 Å². The molecule has 6 aliphatic rings. The highest BCUT2D eigenvalue weighted by Gasteiger charge is 2.95. The summed E-state index contributed by atoms with van der Waals surface area (Å²) in [7, 11) is 0. The number of alkyl halides is 3. The summed E-state index contributed by atoms with van der Waals surface area (Å²) < 4.78 is 54.4. The zero-order valence-electron chi connectivity index (χ0n) is 21.3. The van der Waals surface area contributed by atoms with E-state index >= 15 is 0 Å². The normalized spacial score (nSPS) is 29.8. The smallest absolute Gasteiger partial charge is 0.416 e. The number of hydrogen-bond acceptors (Lipinski definition) is 4. The Morgan fingerprint density at radius 2 is 1.82 bits per heavy atom. The summed E-state index contributed by atoms with van der Waals surface area (Å²) in [5.74, 6) is -0.0619. The highest BCUT2D eigenvalue weighted by Crippen LogP contribution is 2.96. The van der Waals surface area contributed by atoms with Gasteiger partial charge in [0.2, 0.25) is 0 Å². The molecule has 2 unspecified atom stereocenters. The van der Waals surface area contributed by atoms with Crippen molar-refractivity contribution >= 4 is 5.97 Å². The van der Waals surface area contributed by atoms with Gasteiger partial charge in [-0.1, -0.05) is 36.4 Å². The predicted octanol–water partition coefficient (Wildman–Crippen LogP) is 5.09. The van der Waals surface area contributed by atoms with E-state index in [2.05, 4.69) is 0 Å². The lowest BCUT2D eigenvalue weighted by Crippen LogP contribution is -2.45. The van der Waals surface area contributed by atoms with E-state index in [4.69, 9.17) is 9.47 Å². The van der Waals surface area contributed by atoms with Crippen LogP contribution in [0.4, 0.5) is 13.2 Å². The van der Waals surface area contributed by atoms with Crippen LogP contribution in [0.15, 0.2) is 59.5 Å². The molecule has 5 atom stereocenters. The van der Waals surface area contributed by atoms with Crippen LogP contribution >= 0.6 is 0 Å². The number of nitrogens with zero attached hydrogens (tertiary/aromatic N) is 1. The number of carbonyl (C=O) groups excluding carboxylic acids is 1. The number of ether oxygens (including phenoxy) is 2. The molecule has 5 aliphatic carbocycles. The van der Waals surface area contributed by atoms with Crippen LogP contribution in [0, 0.1) is 11.3 Å². The Balaban J connectivity index is 1.14. The highest BCUT2D eigenvalue weighted by atomic mass is 19.4. The van der Waals surface area contributed by atoms with Crippen LogP contribution in [0.25, 0.3) is 0 Å². The number of carbonyl (C=O) groups is 1. The Kier molecular flexibility index (Phi) is 4.47. The molecule has 0 N–H and O–H groups in total. The van der Waals surface area contributed by atoms with Gasteiger partial charge in [0.05, 0.1) is 37.3 Å². The summed E-state index contributed by atoms with van der Waals surface area (Å²) in [5, 5.41) is 0. The van der Waals surface area contributed by atoms with Gasteiger partial charge in [-0.05, 0) is 58.7 Å². The number of benzene rings is 2. The van der Waals surface area contributed by atoms with Crippen LogP contribution < -0.4 is 5.56 Å². The first-order valence-corrected chi connectivity index (χ1v) is 13.5. The Morgan fingerprint density at radius 3 is 2.54 bits per heavy atom. The molecule has 0 amide bonds. The molecule has 1 spiro atoms. The maximum absolute atomic E-state index is 14.0. The van der Waals surface area contributed by atoms with E-state index in [1.165, 1.54) is 6.07 Å². The second kappa shape index (κ2) is 7.42. The van der Waals surface area contributed by atoms with Crippen LogP contribution in [-0.2, 0) is 32.4 Å². The molecular formula is C31H26F3NO4. The van der Waals surface area contributed by atoms with Crippen LogP contribution in [-0.4, -0.2) is 30.4 Å². The van der Waals surface area contributed by atoms with Gasteiger partial charge in [0, 0.05) is 35.4 Å². The van der Waals surface area contributed by atoms with Crippen molar-refractivity contribution in [1.82, 2.24) is 4.57 Å². The molecule has 2 bridgehead atoms. The fourth-order valence-corrected chi connectivity index (χ4v) is 8.19. The third-order valence-electron chi connectivity index (χ3n) is 9.98. The molecule has 1 aliphatic heterocycles. The molecule has 1 aromatic heterocycles. The first-order chi connectivity index (χ1) is 18.7. The molecule has 39 heavy (non-hydrogen) atoms. The van der Waals surface area contributed by atoms with Gasteiger partial charge < -0.3 is 14.0 Å². The average molecular weight is 534 g/mol. The van der Waals surface area contributed by atoms with Crippen molar-refractivity contribution in [3.05, 3.63) is 104 Å². The third-order valence-corrected chi connectivity index (χ3v) is 9.98. The molecule has 0 radical (unpaired) electrons. The molecule has 1 saturated heterocycles. The molecule has 8 heteroatoms. The summed E-state index contributed by atoms with van der Waals surface area (Å²) in [6.45, 7) is 3.46. The van der Waals surface area contributed by atoms with Gasteiger partial charge in [0.1, 0.15) is 0 Å².